The van der Waals surface area contributed by atoms with Crippen molar-refractivity contribution in [2.75, 3.05) is 0 Å². The Morgan fingerprint density at radius 2 is 1.50 bits per heavy atom. The van der Waals surface area contributed by atoms with Crippen molar-refractivity contribution in [1.82, 2.24) is 0 Å². The molecule has 0 radical (unpaired) electrons. The van der Waals surface area contributed by atoms with E-state index in [0.29, 0.717) is 0 Å². The van der Waals surface area contributed by atoms with Crippen molar-refractivity contribution in [1.29, 1.82) is 0 Å². The predicted molar refractivity (Wildman–Crippen MR) is 136 cm³/mol. The van der Waals surface area contributed by atoms with Crippen LogP contribution in [0.4, 0.5) is 0 Å². The Morgan fingerprint density at radius 1 is 0.853 bits per heavy atom. The van der Waals surface area contributed by atoms with E-state index in [9.17, 15) is 0 Å². The quantitative estimate of drug-likeness (QED) is 0.224. The molecule has 0 aliphatic heterocycles. The molecule has 0 bridgehead atoms. The molecule has 0 saturated carbocycles. The fraction of sp³-hybridized carbons (Fsp3) is 0.161. The molecular formula is C31H28Cl2Zr-2. The number of hydrogen-bond acceptors (Lipinski definition) is 0. The van der Waals surface area contributed by atoms with Gasteiger partial charge in [-0.1, -0.05) is 53.9 Å². The van der Waals surface area contributed by atoms with Crippen LogP contribution in [0, 0.1) is 12.0 Å². The van der Waals surface area contributed by atoms with Crippen molar-refractivity contribution in [2.24, 2.45) is 5.92 Å². The topological polar surface area (TPSA) is 0 Å². The van der Waals surface area contributed by atoms with Crippen LogP contribution < -0.4 is 24.8 Å². The van der Waals surface area contributed by atoms with Crippen molar-refractivity contribution >= 4 is 25.3 Å². The minimum absolute atomic E-state index is 0. The van der Waals surface area contributed by atoms with Crippen LogP contribution in [0.25, 0.3) is 32.7 Å². The van der Waals surface area contributed by atoms with Crippen LogP contribution in [0.3, 0.4) is 0 Å². The summed E-state index contributed by atoms with van der Waals surface area (Å²) >= 11 is 1.56. The van der Waals surface area contributed by atoms with Crippen LogP contribution in [-0.2, 0) is 30.7 Å². The van der Waals surface area contributed by atoms with Crippen LogP contribution in [-0.4, -0.2) is 3.71 Å². The Bertz CT molecular complexity index is 1300. The van der Waals surface area contributed by atoms with Crippen LogP contribution >= 0.6 is 0 Å². The average Bonchev–Trinajstić information content (AvgIpc) is 3.52. The van der Waals surface area contributed by atoms with E-state index in [0.717, 1.165) is 12.3 Å². The van der Waals surface area contributed by atoms with Gasteiger partial charge in [-0.2, -0.15) is 18.2 Å². The van der Waals surface area contributed by atoms with Gasteiger partial charge in [0.1, 0.15) is 0 Å². The van der Waals surface area contributed by atoms with E-state index in [1.54, 1.807) is 24.2 Å². The summed E-state index contributed by atoms with van der Waals surface area (Å²) in [7, 11) is 0. The van der Waals surface area contributed by atoms with Crippen LogP contribution in [0.15, 0.2) is 97.1 Å². The molecule has 0 nitrogen and oxygen atoms in total. The average molecular weight is 563 g/mol. The summed E-state index contributed by atoms with van der Waals surface area (Å²) < 4.78 is 2.29. The summed E-state index contributed by atoms with van der Waals surface area (Å²) in [6.45, 7) is 4.47. The first-order chi connectivity index (χ1) is 15.7. The first kappa shape index (κ1) is 28.3. The van der Waals surface area contributed by atoms with Gasteiger partial charge in [-0.25, -0.2) is 12.1 Å². The van der Waals surface area contributed by atoms with E-state index in [1.165, 1.54) is 50.2 Å². The first-order valence-corrected chi connectivity index (χ1v) is 12.7. The van der Waals surface area contributed by atoms with Gasteiger partial charge in [0.25, 0.3) is 0 Å². The number of rotatable bonds is 2. The maximum Gasteiger partial charge on any atom is -0.0240 e. The Morgan fingerprint density at radius 3 is 2.12 bits per heavy atom. The SMILES string of the molecule is CC(C)C[CH]=[Zr+2].[Cl-].[Cl-].[c-]1cccc2c1c1c(c3ccccc32)-c2ccccc2C1.c1cc[cH-]c1. The number of halogens is 2. The van der Waals surface area contributed by atoms with Gasteiger partial charge in [0.2, 0.25) is 0 Å². The fourth-order valence-corrected chi connectivity index (χ4v) is 5.44. The third-order valence-corrected chi connectivity index (χ3v) is 6.32. The second kappa shape index (κ2) is 13.8. The summed E-state index contributed by atoms with van der Waals surface area (Å²) in [6, 6.07) is 37.3. The molecule has 3 heteroatoms. The van der Waals surface area contributed by atoms with Crippen molar-refractivity contribution in [3.8, 4) is 11.1 Å². The Balaban J connectivity index is 0.000000265. The van der Waals surface area contributed by atoms with Crippen molar-refractivity contribution in [3.63, 3.8) is 0 Å². The van der Waals surface area contributed by atoms with Gasteiger partial charge in [-0.15, -0.1) is 40.6 Å². The summed E-state index contributed by atoms with van der Waals surface area (Å²) in [5.41, 5.74) is 5.67. The van der Waals surface area contributed by atoms with Gasteiger partial charge in [-0.3, -0.25) is 0 Å². The molecule has 1 aliphatic rings. The fourth-order valence-electron chi connectivity index (χ4n) is 4.28. The molecule has 0 spiro atoms. The van der Waals surface area contributed by atoms with E-state index in [4.69, 9.17) is 0 Å². The third-order valence-electron chi connectivity index (χ3n) is 5.74. The molecule has 0 amide bonds. The summed E-state index contributed by atoms with van der Waals surface area (Å²) in [4.78, 5) is 0. The number of benzene rings is 4. The standard InChI is InChI=1S/C21H13.C5H5.C5H10.2ClH.Zr/c1-2-8-15-14(7-1)13-20-18-11-4-3-9-16(18)17-10-5-6-12-19(17)21(15)20;1-2-4-5-3-1;1-4-5(2)3;;;/h1-10,12H,13H2;1-5H;1,5H,4H2,2-3H3;2*1H;/q2*-1;;;;+2/p-2. The van der Waals surface area contributed by atoms with Crippen molar-refractivity contribution in [3.05, 3.63) is 114 Å². The van der Waals surface area contributed by atoms with Gasteiger partial charge in [0.15, 0.2) is 0 Å². The first-order valence-electron chi connectivity index (χ1n) is 11.3. The molecule has 0 heterocycles. The Labute approximate surface area is 230 Å². The molecule has 5 aromatic rings. The van der Waals surface area contributed by atoms with Gasteiger partial charge in [-0.05, 0) is 28.5 Å². The van der Waals surface area contributed by atoms with Gasteiger partial charge in [0, 0.05) is 0 Å². The third kappa shape index (κ3) is 6.39. The minimum Gasteiger partial charge on any atom is -1.00 e. The normalized spacial score (nSPS) is 10.6. The Hall–Kier alpha value is -1.92. The summed E-state index contributed by atoms with van der Waals surface area (Å²) in [5, 5.41) is 5.30. The monoisotopic (exact) mass is 560 g/mol. The van der Waals surface area contributed by atoms with E-state index >= 15 is 0 Å². The van der Waals surface area contributed by atoms with Gasteiger partial charge in [0.05, 0.1) is 0 Å². The zero-order valence-corrected chi connectivity index (χ0v) is 23.5. The van der Waals surface area contributed by atoms with Crippen LogP contribution in [0.2, 0.25) is 0 Å². The molecule has 172 valence electrons. The molecule has 0 unspecified atom stereocenters. The smallest absolute Gasteiger partial charge is 0.0240 e. The summed E-state index contributed by atoms with van der Waals surface area (Å²) in [5.74, 6) is 0.865. The van der Waals surface area contributed by atoms with Crippen LogP contribution in [0.1, 0.15) is 31.4 Å². The second-order valence-corrected chi connectivity index (χ2v) is 9.49. The van der Waals surface area contributed by atoms with E-state index in [2.05, 4.69) is 84.3 Å². The molecule has 0 aromatic heterocycles. The van der Waals surface area contributed by atoms with Gasteiger partial charge < -0.3 is 24.8 Å². The molecule has 34 heavy (non-hydrogen) atoms. The maximum absolute atomic E-state index is 3.48. The van der Waals surface area contributed by atoms with Crippen molar-refractivity contribution in [2.45, 2.75) is 26.7 Å². The molecule has 0 saturated heterocycles. The zero-order valence-electron chi connectivity index (χ0n) is 19.6. The molecule has 5 aromatic carbocycles. The van der Waals surface area contributed by atoms with E-state index < -0.39 is 0 Å². The maximum atomic E-state index is 3.48. The van der Waals surface area contributed by atoms with E-state index in [1.807, 2.05) is 36.4 Å². The Kier molecular flexibility index (Phi) is 11.5. The molecule has 0 N–H and O–H groups in total. The van der Waals surface area contributed by atoms with Gasteiger partial charge >= 0.3 is 54.1 Å². The minimum atomic E-state index is 0. The predicted octanol–water partition coefficient (Wildman–Crippen LogP) is 2.16. The summed E-state index contributed by atoms with van der Waals surface area (Å²) in [6.07, 6.45) is 2.31. The molecule has 6 rings (SSSR count). The molecule has 0 fully saturated rings. The van der Waals surface area contributed by atoms with Crippen LogP contribution in [0.5, 0.6) is 0 Å². The number of fused-ring (bicyclic) bond motifs is 8. The van der Waals surface area contributed by atoms with Crippen molar-refractivity contribution < 1.29 is 49.0 Å². The molecule has 0 atom stereocenters. The largest absolute Gasteiger partial charge is 1.00 e. The second-order valence-electron chi connectivity index (χ2n) is 8.49. The molecule has 1 aliphatic carbocycles. The number of hydrogen-bond donors (Lipinski definition) is 0. The zero-order chi connectivity index (χ0) is 22.3. The van der Waals surface area contributed by atoms with E-state index in [-0.39, 0.29) is 24.8 Å². The molecular weight excluding hydrogens is 534 g/mol.